The number of allylic oxidation sites excluding steroid dienone is 1. The fraction of sp³-hybridized carbons (Fsp3) is 0.200. The Kier molecular flexibility index (Phi) is 4.57. The van der Waals surface area contributed by atoms with Crippen LogP contribution in [0.5, 0.6) is 5.75 Å². The van der Waals surface area contributed by atoms with Crippen LogP contribution >= 0.6 is 0 Å². The minimum atomic E-state index is -0.978. The van der Waals surface area contributed by atoms with Crippen LogP contribution in [0.2, 0.25) is 0 Å². The smallest absolute Gasteiger partial charge is 0.307 e. The standard InChI is InChI=1S/C20H18O5/c1-12(2)8-9-24-14-6-7-15-17(11-14)25-20-13(10-18(21)22)4-3-5-16(20)19(15)23/h3-8,11H,9-10H2,1-2H3,(H,21,22). The highest BCUT2D eigenvalue weighted by molar-refractivity contribution is 5.92. The van der Waals surface area contributed by atoms with E-state index >= 15 is 0 Å². The first kappa shape index (κ1) is 16.8. The Labute approximate surface area is 144 Å². The van der Waals surface area contributed by atoms with Gasteiger partial charge in [-0.3, -0.25) is 9.59 Å². The molecule has 0 unspecified atom stereocenters. The molecule has 0 aliphatic rings. The number of fused-ring (bicyclic) bond motifs is 2. The molecular formula is C20H18O5. The first-order valence-electron chi connectivity index (χ1n) is 7.92. The van der Waals surface area contributed by atoms with Gasteiger partial charge < -0.3 is 14.3 Å². The molecule has 0 aliphatic carbocycles. The van der Waals surface area contributed by atoms with Gasteiger partial charge in [-0.05, 0) is 38.1 Å². The molecule has 0 saturated heterocycles. The van der Waals surface area contributed by atoms with E-state index in [2.05, 4.69) is 0 Å². The van der Waals surface area contributed by atoms with Gasteiger partial charge in [0.25, 0.3) is 0 Å². The second kappa shape index (κ2) is 6.81. The lowest BCUT2D eigenvalue weighted by Gasteiger charge is -2.08. The first-order chi connectivity index (χ1) is 12.0. The van der Waals surface area contributed by atoms with Crippen molar-refractivity contribution < 1.29 is 19.1 Å². The van der Waals surface area contributed by atoms with E-state index < -0.39 is 5.97 Å². The van der Waals surface area contributed by atoms with Crippen molar-refractivity contribution in [3.05, 3.63) is 63.8 Å². The maximum Gasteiger partial charge on any atom is 0.307 e. The number of hydrogen-bond acceptors (Lipinski definition) is 4. The van der Waals surface area contributed by atoms with Crippen LogP contribution in [0.25, 0.3) is 21.9 Å². The zero-order chi connectivity index (χ0) is 18.0. The Morgan fingerprint density at radius 2 is 2.00 bits per heavy atom. The third-order valence-corrected chi connectivity index (χ3v) is 3.83. The average Bonchev–Trinajstić information content (AvgIpc) is 2.55. The van der Waals surface area contributed by atoms with Crippen molar-refractivity contribution in [1.29, 1.82) is 0 Å². The number of rotatable bonds is 5. The van der Waals surface area contributed by atoms with Gasteiger partial charge >= 0.3 is 5.97 Å². The van der Waals surface area contributed by atoms with Gasteiger partial charge in [0, 0.05) is 11.6 Å². The van der Waals surface area contributed by atoms with Gasteiger partial charge in [-0.25, -0.2) is 0 Å². The second-order valence-corrected chi connectivity index (χ2v) is 6.05. The monoisotopic (exact) mass is 338 g/mol. The minimum Gasteiger partial charge on any atom is -0.489 e. The quantitative estimate of drug-likeness (QED) is 0.563. The summed E-state index contributed by atoms with van der Waals surface area (Å²) < 4.78 is 11.5. The fourth-order valence-electron chi connectivity index (χ4n) is 2.61. The molecule has 1 aromatic heterocycles. The Bertz CT molecular complexity index is 1040. The van der Waals surface area contributed by atoms with Gasteiger partial charge in [-0.1, -0.05) is 17.7 Å². The van der Waals surface area contributed by atoms with E-state index in [1.807, 2.05) is 19.9 Å². The average molecular weight is 338 g/mol. The zero-order valence-electron chi connectivity index (χ0n) is 14.0. The van der Waals surface area contributed by atoms with Crippen LogP contribution < -0.4 is 10.2 Å². The molecule has 5 nitrogen and oxygen atoms in total. The van der Waals surface area contributed by atoms with E-state index in [1.54, 1.807) is 36.4 Å². The topological polar surface area (TPSA) is 76.7 Å². The van der Waals surface area contributed by atoms with Crippen molar-refractivity contribution in [2.75, 3.05) is 6.61 Å². The normalized spacial score (nSPS) is 10.8. The number of hydrogen-bond donors (Lipinski definition) is 1. The molecule has 3 aromatic rings. The number of ether oxygens (including phenoxy) is 1. The van der Waals surface area contributed by atoms with Gasteiger partial charge in [0.15, 0.2) is 0 Å². The molecule has 0 bridgehead atoms. The highest BCUT2D eigenvalue weighted by Crippen LogP contribution is 2.25. The predicted octanol–water partition coefficient (Wildman–Crippen LogP) is 3.92. The maximum absolute atomic E-state index is 12.7. The summed E-state index contributed by atoms with van der Waals surface area (Å²) >= 11 is 0. The molecule has 0 atom stereocenters. The Hall–Kier alpha value is -3.08. The Morgan fingerprint density at radius 1 is 1.20 bits per heavy atom. The highest BCUT2D eigenvalue weighted by Gasteiger charge is 2.13. The fourth-order valence-corrected chi connectivity index (χ4v) is 2.61. The molecule has 0 aliphatic heterocycles. The van der Waals surface area contributed by atoms with Crippen LogP contribution in [-0.2, 0) is 11.2 Å². The minimum absolute atomic E-state index is 0.181. The molecular weight excluding hydrogens is 320 g/mol. The molecule has 0 saturated carbocycles. The van der Waals surface area contributed by atoms with Crippen LogP contribution in [0, 0.1) is 0 Å². The van der Waals surface area contributed by atoms with Crippen molar-refractivity contribution >= 4 is 27.9 Å². The van der Waals surface area contributed by atoms with E-state index in [1.165, 1.54) is 0 Å². The molecule has 25 heavy (non-hydrogen) atoms. The van der Waals surface area contributed by atoms with Gasteiger partial charge in [-0.15, -0.1) is 0 Å². The Morgan fingerprint density at radius 3 is 2.72 bits per heavy atom. The number of benzene rings is 2. The molecule has 0 amide bonds. The number of aliphatic carboxylic acids is 1. The van der Waals surface area contributed by atoms with E-state index in [9.17, 15) is 9.59 Å². The van der Waals surface area contributed by atoms with Gasteiger partial charge in [-0.2, -0.15) is 0 Å². The van der Waals surface area contributed by atoms with Crippen LogP contribution in [0.4, 0.5) is 0 Å². The Balaban J connectivity index is 2.12. The summed E-state index contributed by atoms with van der Waals surface area (Å²) in [6.45, 7) is 4.40. The van der Waals surface area contributed by atoms with Gasteiger partial charge in [0.2, 0.25) is 5.43 Å². The summed E-state index contributed by atoms with van der Waals surface area (Å²) in [6.07, 6.45) is 1.74. The molecule has 0 radical (unpaired) electrons. The van der Waals surface area contributed by atoms with Crippen molar-refractivity contribution in [2.45, 2.75) is 20.3 Å². The summed E-state index contributed by atoms with van der Waals surface area (Å²) in [4.78, 5) is 23.7. The van der Waals surface area contributed by atoms with Crippen LogP contribution in [-0.4, -0.2) is 17.7 Å². The van der Waals surface area contributed by atoms with Crippen molar-refractivity contribution in [3.63, 3.8) is 0 Å². The third kappa shape index (κ3) is 3.55. The summed E-state index contributed by atoms with van der Waals surface area (Å²) in [5, 5.41) is 9.87. The van der Waals surface area contributed by atoms with Crippen LogP contribution in [0.3, 0.4) is 0 Å². The molecule has 3 rings (SSSR count). The number of carbonyl (C=O) groups is 1. The van der Waals surface area contributed by atoms with Crippen molar-refractivity contribution in [1.82, 2.24) is 0 Å². The lowest BCUT2D eigenvalue weighted by Crippen LogP contribution is -2.06. The number of para-hydroxylation sites is 1. The number of carboxylic acids is 1. The lowest BCUT2D eigenvalue weighted by atomic mass is 10.1. The molecule has 1 N–H and O–H groups in total. The highest BCUT2D eigenvalue weighted by atomic mass is 16.5. The summed E-state index contributed by atoms with van der Waals surface area (Å²) in [5.41, 5.74) is 2.13. The molecule has 0 spiro atoms. The van der Waals surface area contributed by atoms with Gasteiger partial charge in [0.05, 0.1) is 17.2 Å². The van der Waals surface area contributed by atoms with Crippen LogP contribution in [0.1, 0.15) is 19.4 Å². The summed E-state index contributed by atoms with van der Waals surface area (Å²) in [7, 11) is 0. The molecule has 128 valence electrons. The third-order valence-electron chi connectivity index (χ3n) is 3.83. The number of carboxylic acid groups (broad SMARTS) is 1. The SMILES string of the molecule is CC(C)=CCOc1ccc2c(=O)c3cccc(CC(=O)O)c3oc2c1. The second-order valence-electron chi connectivity index (χ2n) is 6.05. The van der Waals surface area contributed by atoms with Crippen molar-refractivity contribution in [2.24, 2.45) is 0 Å². The molecule has 0 fully saturated rings. The predicted molar refractivity (Wildman–Crippen MR) is 96.3 cm³/mol. The zero-order valence-corrected chi connectivity index (χ0v) is 14.0. The van der Waals surface area contributed by atoms with E-state index in [0.29, 0.717) is 39.9 Å². The summed E-state index contributed by atoms with van der Waals surface area (Å²) in [5.74, 6) is -0.391. The van der Waals surface area contributed by atoms with Crippen LogP contribution in [0.15, 0.2) is 57.3 Å². The molecule has 1 heterocycles. The van der Waals surface area contributed by atoms with Crippen molar-refractivity contribution in [3.8, 4) is 5.75 Å². The lowest BCUT2D eigenvalue weighted by molar-refractivity contribution is -0.136. The maximum atomic E-state index is 12.7. The van der Waals surface area contributed by atoms with E-state index in [-0.39, 0.29) is 11.8 Å². The van der Waals surface area contributed by atoms with Gasteiger partial charge in [0.1, 0.15) is 23.5 Å². The van der Waals surface area contributed by atoms with E-state index in [0.717, 1.165) is 5.57 Å². The van der Waals surface area contributed by atoms with E-state index in [4.69, 9.17) is 14.3 Å². The summed E-state index contributed by atoms with van der Waals surface area (Å²) in [6, 6.07) is 10.0. The first-order valence-corrected chi connectivity index (χ1v) is 7.92. The molecule has 5 heteroatoms. The molecule has 2 aromatic carbocycles. The largest absolute Gasteiger partial charge is 0.489 e.